The van der Waals surface area contributed by atoms with E-state index in [9.17, 15) is 4.79 Å². The second-order valence-corrected chi connectivity index (χ2v) is 3.91. The molecule has 1 aromatic carbocycles. The van der Waals surface area contributed by atoms with Crippen LogP contribution in [0, 0.1) is 11.3 Å². The fraction of sp³-hybridized carbons (Fsp3) is 0.333. The van der Waals surface area contributed by atoms with Crippen LogP contribution < -0.4 is 4.90 Å². The van der Waals surface area contributed by atoms with Gasteiger partial charge in [0.2, 0.25) is 0 Å². The molecule has 0 aliphatic rings. The first-order valence-corrected chi connectivity index (χ1v) is 5.62. The first kappa shape index (κ1) is 13.3. The van der Waals surface area contributed by atoms with Gasteiger partial charge in [0.25, 0.3) is 0 Å². The molecule has 0 amide bonds. The third-order valence-corrected chi connectivity index (χ3v) is 2.70. The van der Waals surface area contributed by atoms with Gasteiger partial charge in [-0.2, -0.15) is 5.26 Å². The van der Waals surface area contributed by atoms with Crippen molar-refractivity contribution < 1.29 is 9.90 Å². The Kier molecular flexibility index (Phi) is 4.80. The zero-order valence-corrected chi connectivity index (χ0v) is 10.2. The lowest BCUT2D eigenvalue weighted by molar-refractivity contribution is -0.136. The van der Waals surface area contributed by atoms with E-state index in [4.69, 9.17) is 22.0 Å². The van der Waals surface area contributed by atoms with Crippen LogP contribution in [0.2, 0.25) is 5.02 Å². The smallest absolute Gasteiger partial charge is 0.305 e. The number of carbonyl (C=O) groups is 1. The van der Waals surface area contributed by atoms with Crippen molar-refractivity contribution in [3.05, 3.63) is 28.8 Å². The molecule has 0 saturated carbocycles. The summed E-state index contributed by atoms with van der Waals surface area (Å²) in [5.41, 5.74) is 1.25. The molecular formula is C12H13ClN2O2. The molecule has 5 heteroatoms. The van der Waals surface area contributed by atoms with Crippen molar-refractivity contribution in [2.24, 2.45) is 0 Å². The number of halogens is 1. The van der Waals surface area contributed by atoms with Crippen molar-refractivity contribution in [1.29, 1.82) is 5.26 Å². The summed E-state index contributed by atoms with van der Waals surface area (Å²) in [5.74, 6) is -0.840. The fourth-order valence-electron chi connectivity index (χ4n) is 1.51. The van der Waals surface area contributed by atoms with Gasteiger partial charge in [0.15, 0.2) is 0 Å². The van der Waals surface area contributed by atoms with Gasteiger partial charge in [-0.25, -0.2) is 0 Å². The number of carboxylic acids is 1. The van der Waals surface area contributed by atoms with Crippen LogP contribution in [0.4, 0.5) is 5.69 Å². The summed E-state index contributed by atoms with van der Waals surface area (Å²) in [5, 5.41) is 17.8. The van der Waals surface area contributed by atoms with Crippen LogP contribution in [0.3, 0.4) is 0 Å². The highest BCUT2D eigenvalue weighted by Crippen LogP contribution is 2.26. The molecule has 0 saturated heterocycles. The van der Waals surface area contributed by atoms with E-state index in [-0.39, 0.29) is 6.42 Å². The fourth-order valence-corrected chi connectivity index (χ4v) is 1.81. The molecular weight excluding hydrogens is 240 g/mol. The zero-order valence-electron chi connectivity index (χ0n) is 9.48. The predicted octanol–water partition coefficient (Wildman–Crippen LogP) is 2.51. The summed E-state index contributed by atoms with van der Waals surface area (Å²) in [6.45, 7) is 2.99. The minimum atomic E-state index is -0.840. The van der Waals surface area contributed by atoms with Crippen LogP contribution in [0.5, 0.6) is 0 Å². The highest BCUT2D eigenvalue weighted by molar-refractivity contribution is 6.33. The second kappa shape index (κ2) is 6.12. The Morgan fingerprint density at radius 1 is 1.59 bits per heavy atom. The molecule has 90 valence electrons. The maximum atomic E-state index is 10.5. The minimum Gasteiger partial charge on any atom is -0.481 e. The van der Waals surface area contributed by atoms with Crippen LogP contribution in [0.15, 0.2) is 18.2 Å². The normalized spacial score (nSPS) is 9.71. The van der Waals surface area contributed by atoms with Crippen molar-refractivity contribution in [2.75, 3.05) is 18.0 Å². The third-order valence-electron chi connectivity index (χ3n) is 2.39. The van der Waals surface area contributed by atoms with Gasteiger partial charge in [-0.05, 0) is 25.1 Å². The van der Waals surface area contributed by atoms with E-state index < -0.39 is 5.97 Å². The number of nitriles is 1. The van der Waals surface area contributed by atoms with Crippen LogP contribution >= 0.6 is 11.6 Å². The number of hydrogen-bond acceptors (Lipinski definition) is 3. The van der Waals surface area contributed by atoms with E-state index in [1.807, 2.05) is 17.9 Å². The number of aliphatic carboxylic acids is 1. The lowest BCUT2D eigenvalue weighted by atomic mass is 10.2. The minimum absolute atomic E-state index is 0.0597. The summed E-state index contributed by atoms with van der Waals surface area (Å²) in [6.07, 6.45) is 0.0597. The lowest BCUT2D eigenvalue weighted by Crippen LogP contribution is -2.26. The van der Waals surface area contributed by atoms with E-state index in [0.29, 0.717) is 23.7 Å². The van der Waals surface area contributed by atoms with Gasteiger partial charge in [-0.15, -0.1) is 0 Å². The molecule has 1 aromatic rings. The number of carboxylic acid groups (broad SMARTS) is 1. The van der Waals surface area contributed by atoms with Crippen LogP contribution in [0.25, 0.3) is 0 Å². The molecule has 0 atom stereocenters. The molecule has 0 bridgehead atoms. The molecule has 17 heavy (non-hydrogen) atoms. The molecule has 0 aliphatic carbocycles. The first-order chi connectivity index (χ1) is 8.08. The maximum Gasteiger partial charge on any atom is 0.305 e. The topological polar surface area (TPSA) is 64.3 Å². The SMILES string of the molecule is CCN(CCC(=O)O)c1ccc(C#N)cc1Cl. The summed E-state index contributed by atoms with van der Waals surface area (Å²) >= 11 is 6.06. The summed E-state index contributed by atoms with van der Waals surface area (Å²) < 4.78 is 0. The average Bonchev–Trinajstić information content (AvgIpc) is 2.31. The van der Waals surface area contributed by atoms with E-state index in [0.717, 1.165) is 5.69 Å². The predicted molar refractivity (Wildman–Crippen MR) is 66.3 cm³/mol. The molecule has 4 nitrogen and oxygen atoms in total. The van der Waals surface area contributed by atoms with E-state index in [1.54, 1.807) is 18.2 Å². The maximum absolute atomic E-state index is 10.5. The number of rotatable bonds is 5. The standard InChI is InChI=1S/C12H13ClN2O2/c1-2-15(6-5-12(16)17)11-4-3-9(8-14)7-10(11)13/h3-4,7H,2,5-6H2,1H3,(H,16,17). The molecule has 1 rings (SSSR count). The van der Waals surface area contributed by atoms with Gasteiger partial charge in [-0.1, -0.05) is 11.6 Å². The van der Waals surface area contributed by atoms with Crippen molar-refractivity contribution in [3.8, 4) is 6.07 Å². The quantitative estimate of drug-likeness (QED) is 0.875. The Labute approximate surface area is 105 Å². The van der Waals surface area contributed by atoms with Crippen LogP contribution in [-0.2, 0) is 4.79 Å². The Hall–Kier alpha value is -1.73. The second-order valence-electron chi connectivity index (χ2n) is 3.50. The van der Waals surface area contributed by atoms with Gasteiger partial charge in [0.1, 0.15) is 0 Å². The van der Waals surface area contributed by atoms with Crippen LogP contribution in [0.1, 0.15) is 18.9 Å². The van der Waals surface area contributed by atoms with E-state index >= 15 is 0 Å². The molecule has 0 aromatic heterocycles. The number of benzene rings is 1. The molecule has 0 spiro atoms. The molecule has 0 aliphatic heterocycles. The van der Waals surface area contributed by atoms with Gasteiger partial charge < -0.3 is 10.0 Å². The van der Waals surface area contributed by atoms with Crippen molar-refractivity contribution in [2.45, 2.75) is 13.3 Å². The Balaban J connectivity index is 2.89. The van der Waals surface area contributed by atoms with Gasteiger partial charge >= 0.3 is 5.97 Å². The Morgan fingerprint density at radius 3 is 2.76 bits per heavy atom. The Bertz CT molecular complexity index is 454. The highest BCUT2D eigenvalue weighted by atomic mass is 35.5. The monoisotopic (exact) mass is 252 g/mol. The van der Waals surface area contributed by atoms with Crippen molar-refractivity contribution in [3.63, 3.8) is 0 Å². The highest BCUT2D eigenvalue weighted by Gasteiger charge is 2.10. The zero-order chi connectivity index (χ0) is 12.8. The third kappa shape index (κ3) is 3.65. The number of hydrogen-bond donors (Lipinski definition) is 1. The molecule has 0 heterocycles. The van der Waals surface area contributed by atoms with Gasteiger partial charge in [0, 0.05) is 13.1 Å². The molecule has 0 radical (unpaired) electrons. The average molecular weight is 253 g/mol. The van der Waals surface area contributed by atoms with E-state index in [1.165, 1.54) is 0 Å². The number of anilines is 1. The van der Waals surface area contributed by atoms with E-state index in [2.05, 4.69) is 0 Å². The van der Waals surface area contributed by atoms with Crippen molar-refractivity contribution >= 4 is 23.3 Å². The summed E-state index contributed by atoms with van der Waals surface area (Å²) in [6, 6.07) is 7.00. The Morgan fingerprint density at radius 2 is 2.29 bits per heavy atom. The largest absolute Gasteiger partial charge is 0.481 e. The van der Waals surface area contributed by atoms with Gasteiger partial charge in [0.05, 0.1) is 28.8 Å². The van der Waals surface area contributed by atoms with Gasteiger partial charge in [-0.3, -0.25) is 4.79 Å². The van der Waals surface area contributed by atoms with Crippen molar-refractivity contribution in [1.82, 2.24) is 0 Å². The molecule has 0 unspecified atom stereocenters. The van der Waals surface area contributed by atoms with Crippen LogP contribution in [-0.4, -0.2) is 24.2 Å². The molecule has 0 fully saturated rings. The summed E-state index contributed by atoms with van der Waals surface area (Å²) in [7, 11) is 0. The lowest BCUT2D eigenvalue weighted by Gasteiger charge is -2.23. The number of nitrogens with zero attached hydrogens (tertiary/aromatic N) is 2. The summed E-state index contributed by atoms with van der Waals surface area (Å²) in [4.78, 5) is 12.4. The molecule has 1 N–H and O–H groups in total. The first-order valence-electron chi connectivity index (χ1n) is 5.25.